The summed E-state index contributed by atoms with van der Waals surface area (Å²) in [5, 5.41) is 6.93. The van der Waals surface area contributed by atoms with Crippen LogP contribution in [0.3, 0.4) is 0 Å². The van der Waals surface area contributed by atoms with Crippen molar-refractivity contribution in [1.82, 2.24) is 10.2 Å². The summed E-state index contributed by atoms with van der Waals surface area (Å²) in [7, 11) is 0. The maximum absolute atomic E-state index is 12.1. The first-order valence-corrected chi connectivity index (χ1v) is 5.89. The van der Waals surface area contributed by atoms with E-state index in [1.54, 1.807) is 11.1 Å². The van der Waals surface area contributed by atoms with Crippen molar-refractivity contribution in [3.63, 3.8) is 0 Å². The van der Waals surface area contributed by atoms with Crippen LogP contribution in [-0.4, -0.2) is 28.4 Å². The first kappa shape index (κ1) is 12.0. The standard InChI is InChI=1S/C12H19N3O2/c1-8-5-9-10(6-13-14-9)15(7-8)11(16)17-12(2,3)4/h6,8H,5,7H2,1-4H3,(H,13,14). The maximum Gasteiger partial charge on any atom is 0.414 e. The lowest BCUT2D eigenvalue weighted by Crippen LogP contribution is -2.42. The lowest BCUT2D eigenvalue weighted by molar-refractivity contribution is 0.0572. The molecule has 17 heavy (non-hydrogen) atoms. The summed E-state index contributed by atoms with van der Waals surface area (Å²) in [6.07, 6.45) is 2.31. The van der Waals surface area contributed by atoms with Crippen molar-refractivity contribution in [3.8, 4) is 0 Å². The number of carbonyl (C=O) groups is 1. The molecule has 0 bridgehead atoms. The molecule has 1 amide bonds. The Balaban J connectivity index is 2.20. The molecule has 0 radical (unpaired) electrons. The van der Waals surface area contributed by atoms with E-state index in [-0.39, 0.29) is 6.09 Å². The van der Waals surface area contributed by atoms with Crippen molar-refractivity contribution in [3.05, 3.63) is 11.9 Å². The fraction of sp³-hybridized carbons (Fsp3) is 0.667. The van der Waals surface area contributed by atoms with E-state index in [2.05, 4.69) is 17.1 Å². The molecule has 1 atom stereocenters. The molecule has 1 aromatic heterocycles. The summed E-state index contributed by atoms with van der Waals surface area (Å²) < 4.78 is 5.40. The van der Waals surface area contributed by atoms with Crippen LogP contribution >= 0.6 is 0 Å². The van der Waals surface area contributed by atoms with Gasteiger partial charge in [0.2, 0.25) is 0 Å². The lowest BCUT2D eigenvalue weighted by Gasteiger charge is -2.32. The third-order valence-electron chi connectivity index (χ3n) is 2.65. The van der Waals surface area contributed by atoms with Crippen LogP contribution in [0.5, 0.6) is 0 Å². The number of fused-ring (bicyclic) bond motifs is 1. The molecule has 0 saturated carbocycles. The number of rotatable bonds is 0. The molecule has 2 heterocycles. The quantitative estimate of drug-likeness (QED) is 0.753. The molecule has 0 fully saturated rings. The predicted octanol–water partition coefficient (Wildman–Crippen LogP) is 2.34. The van der Waals surface area contributed by atoms with Gasteiger partial charge < -0.3 is 4.74 Å². The van der Waals surface area contributed by atoms with E-state index in [0.717, 1.165) is 17.8 Å². The van der Waals surface area contributed by atoms with E-state index >= 15 is 0 Å². The smallest absolute Gasteiger partial charge is 0.414 e. The highest BCUT2D eigenvalue weighted by Gasteiger charge is 2.31. The number of hydrogen-bond donors (Lipinski definition) is 1. The minimum Gasteiger partial charge on any atom is -0.443 e. The molecule has 1 unspecified atom stereocenters. The third kappa shape index (κ3) is 2.60. The number of ether oxygens (including phenoxy) is 1. The number of aromatic amines is 1. The molecule has 5 heteroatoms. The van der Waals surface area contributed by atoms with Crippen LogP contribution in [0.25, 0.3) is 0 Å². The molecule has 94 valence electrons. The highest BCUT2D eigenvalue weighted by atomic mass is 16.6. The first-order valence-electron chi connectivity index (χ1n) is 5.89. The van der Waals surface area contributed by atoms with Gasteiger partial charge in [0.15, 0.2) is 0 Å². The van der Waals surface area contributed by atoms with E-state index in [4.69, 9.17) is 4.74 Å². The number of hydrogen-bond acceptors (Lipinski definition) is 3. The summed E-state index contributed by atoms with van der Waals surface area (Å²) in [6.45, 7) is 8.40. The minimum absolute atomic E-state index is 0.299. The Morgan fingerprint density at radius 3 is 2.94 bits per heavy atom. The Hall–Kier alpha value is -1.52. The molecule has 0 aromatic carbocycles. The van der Waals surface area contributed by atoms with Crippen molar-refractivity contribution in [2.75, 3.05) is 11.4 Å². The van der Waals surface area contributed by atoms with Gasteiger partial charge >= 0.3 is 6.09 Å². The Morgan fingerprint density at radius 2 is 2.29 bits per heavy atom. The van der Waals surface area contributed by atoms with Gasteiger partial charge in [0.05, 0.1) is 17.6 Å². The van der Waals surface area contributed by atoms with Gasteiger partial charge in [-0.1, -0.05) is 6.92 Å². The summed E-state index contributed by atoms with van der Waals surface area (Å²) in [6, 6.07) is 0. The second-order valence-electron chi connectivity index (χ2n) is 5.63. The average molecular weight is 237 g/mol. The summed E-state index contributed by atoms with van der Waals surface area (Å²) in [5.41, 5.74) is 1.38. The molecule has 1 aromatic rings. The zero-order chi connectivity index (χ0) is 12.6. The SMILES string of the molecule is CC1Cc2[nH]ncc2N(C(=O)OC(C)(C)C)C1. The van der Waals surface area contributed by atoms with Gasteiger partial charge in [-0.15, -0.1) is 0 Å². The zero-order valence-electron chi connectivity index (χ0n) is 10.8. The Bertz CT molecular complexity index is 420. The van der Waals surface area contributed by atoms with Crippen molar-refractivity contribution in [2.45, 2.75) is 39.7 Å². The van der Waals surface area contributed by atoms with Crippen molar-refractivity contribution >= 4 is 11.8 Å². The molecule has 1 aliphatic heterocycles. The molecule has 2 rings (SSSR count). The molecule has 0 saturated heterocycles. The molecular weight excluding hydrogens is 218 g/mol. The van der Waals surface area contributed by atoms with Gasteiger partial charge in [0.1, 0.15) is 5.60 Å². The number of nitrogens with zero attached hydrogens (tertiary/aromatic N) is 2. The number of H-pyrrole nitrogens is 1. The van der Waals surface area contributed by atoms with Crippen molar-refractivity contribution in [2.24, 2.45) is 5.92 Å². The van der Waals surface area contributed by atoms with Crippen LogP contribution in [0.15, 0.2) is 6.20 Å². The second kappa shape index (κ2) is 4.05. The second-order valence-corrected chi connectivity index (χ2v) is 5.63. The largest absolute Gasteiger partial charge is 0.443 e. The van der Waals surface area contributed by atoms with Gasteiger partial charge in [-0.05, 0) is 33.1 Å². The average Bonchev–Trinajstić information content (AvgIpc) is 2.60. The minimum atomic E-state index is -0.471. The molecule has 0 aliphatic carbocycles. The number of amides is 1. The number of carbonyl (C=O) groups excluding carboxylic acids is 1. The Morgan fingerprint density at radius 1 is 1.59 bits per heavy atom. The summed E-state index contributed by atoms with van der Waals surface area (Å²) >= 11 is 0. The number of nitrogens with one attached hydrogen (secondary N) is 1. The van der Waals surface area contributed by atoms with Gasteiger partial charge in [0, 0.05) is 6.54 Å². The van der Waals surface area contributed by atoms with Crippen molar-refractivity contribution in [1.29, 1.82) is 0 Å². The van der Waals surface area contributed by atoms with E-state index < -0.39 is 5.60 Å². The topological polar surface area (TPSA) is 58.2 Å². The zero-order valence-corrected chi connectivity index (χ0v) is 10.8. The first-order chi connectivity index (χ1) is 7.87. The predicted molar refractivity (Wildman–Crippen MR) is 65.0 cm³/mol. The van der Waals surface area contributed by atoms with Crippen LogP contribution < -0.4 is 4.90 Å². The highest BCUT2D eigenvalue weighted by molar-refractivity contribution is 5.89. The fourth-order valence-corrected chi connectivity index (χ4v) is 2.00. The summed E-state index contributed by atoms with van der Waals surface area (Å²) in [5.74, 6) is 0.412. The Kier molecular flexibility index (Phi) is 2.85. The van der Waals surface area contributed by atoms with E-state index in [1.165, 1.54) is 0 Å². The Labute approximate surface area is 101 Å². The highest BCUT2D eigenvalue weighted by Crippen LogP contribution is 2.28. The lowest BCUT2D eigenvalue weighted by atomic mass is 10.00. The summed E-state index contributed by atoms with van der Waals surface area (Å²) in [4.78, 5) is 13.7. The molecule has 1 aliphatic rings. The van der Waals surface area contributed by atoms with Crippen molar-refractivity contribution < 1.29 is 9.53 Å². The van der Waals surface area contributed by atoms with E-state index in [9.17, 15) is 4.79 Å². The fourth-order valence-electron chi connectivity index (χ4n) is 2.00. The van der Waals surface area contributed by atoms with Gasteiger partial charge in [0.25, 0.3) is 0 Å². The van der Waals surface area contributed by atoms with Crippen LogP contribution in [0.4, 0.5) is 10.5 Å². The van der Waals surface area contributed by atoms with Crippen LogP contribution in [0, 0.1) is 5.92 Å². The molecule has 5 nitrogen and oxygen atoms in total. The van der Waals surface area contributed by atoms with Crippen LogP contribution in [-0.2, 0) is 11.2 Å². The van der Waals surface area contributed by atoms with Crippen LogP contribution in [0.2, 0.25) is 0 Å². The normalized spacial score (nSPS) is 20.0. The number of anilines is 1. The maximum atomic E-state index is 12.1. The van der Waals surface area contributed by atoms with Gasteiger partial charge in [-0.3, -0.25) is 10.00 Å². The van der Waals surface area contributed by atoms with E-state index in [0.29, 0.717) is 12.5 Å². The molecular formula is C12H19N3O2. The van der Waals surface area contributed by atoms with Gasteiger partial charge in [-0.2, -0.15) is 5.10 Å². The third-order valence-corrected chi connectivity index (χ3v) is 2.65. The molecule has 0 spiro atoms. The van der Waals surface area contributed by atoms with E-state index in [1.807, 2.05) is 20.8 Å². The number of aromatic nitrogens is 2. The van der Waals surface area contributed by atoms with Gasteiger partial charge in [-0.25, -0.2) is 4.79 Å². The van der Waals surface area contributed by atoms with Crippen LogP contribution in [0.1, 0.15) is 33.4 Å². The molecule has 1 N–H and O–H groups in total. The monoisotopic (exact) mass is 237 g/mol.